The predicted molar refractivity (Wildman–Crippen MR) is 124 cm³/mol. The molecule has 0 bridgehead atoms. The van der Waals surface area contributed by atoms with Gasteiger partial charge in [-0.3, -0.25) is 4.68 Å². The first-order valence-corrected chi connectivity index (χ1v) is 11.2. The summed E-state index contributed by atoms with van der Waals surface area (Å²) < 4.78 is 1.97. The monoisotopic (exact) mass is 412 g/mol. The molecule has 3 aromatic heterocycles. The number of pyridine rings is 1. The minimum Gasteiger partial charge on any atom is -0.352 e. The Balaban J connectivity index is 1.47. The van der Waals surface area contributed by atoms with Gasteiger partial charge in [-0.1, -0.05) is 0 Å². The molecule has 0 radical (unpaired) electrons. The first-order chi connectivity index (χ1) is 15.2. The third-order valence-corrected chi connectivity index (χ3v) is 7.00. The minimum atomic E-state index is 0.461. The highest BCUT2D eigenvalue weighted by Crippen LogP contribution is 2.37. The zero-order valence-electron chi connectivity index (χ0n) is 18.2. The first kappa shape index (κ1) is 18.6. The van der Waals surface area contributed by atoms with Crippen molar-refractivity contribution in [3.63, 3.8) is 0 Å². The highest BCUT2D eigenvalue weighted by Gasteiger charge is 2.26. The lowest BCUT2D eigenvalue weighted by Crippen LogP contribution is -2.33. The Morgan fingerprint density at radius 2 is 2.10 bits per heavy atom. The van der Waals surface area contributed by atoms with Gasteiger partial charge in [0.15, 0.2) is 0 Å². The molecule has 6 nitrogen and oxygen atoms in total. The van der Waals surface area contributed by atoms with Crippen LogP contribution in [0.2, 0.25) is 0 Å². The fourth-order valence-electron chi connectivity index (χ4n) is 5.33. The Morgan fingerprint density at radius 3 is 2.90 bits per heavy atom. The van der Waals surface area contributed by atoms with E-state index in [1.54, 1.807) is 0 Å². The van der Waals surface area contributed by atoms with Gasteiger partial charge in [0, 0.05) is 55.6 Å². The van der Waals surface area contributed by atoms with Crippen LogP contribution in [0.15, 0.2) is 42.9 Å². The molecule has 1 unspecified atom stereocenters. The summed E-state index contributed by atoms with van der Waals surface area (Å²) in [6.45, 7) is 5.20. The van der Waals surface area contributed by atoms with Gasteiger partial charge in [0.05, 0.1) is 6.20 Å². The van der Waals surface area contributed by atoms with Crippen molar-refractivity contribution in [3.05, 3.63) is 65.1 Å². The van der Waals surface area contributed by atoms with Crippen molar-refractivity contribution in [2.75, 3.05) is 18.0 Å². The molecule has 1 aromatic carbocycles. The van der Waals surface area contributed by atoms with E-state index in [2.05, 4.69) is 51.5 Å². The summed E-state index contributed by atoms with van der Waals surface area (Å²) >= 11 is 0. The fourth-order valence-corrected chi connectivity index (χ4v) is 5.33. The summed E-state index contributed by atoms with van der Waals surface area (Å²) in [7, 11) is 2.02. The maximum atomic E-state index is 4.69. The molecule has 0 amide bonds. The molecular weight excluding hydrogens is 384 g/mol. The molecule has 4 aromatic rings. The van der Waals surface area contributed by atoms with Crippen molar-refractivity contribution in [3.8, 4) is 11.1 Å². The van der Waals surface area contributed by atoms with Crippen LogP contribution in [0, 0.1) is 6.92 Å². The highest BCUT2D eigenvalue weighted by atomic mass is 15.4. The van der Waals surface area contributed by atoms with Gasteiger partial charge in [0.1, 0.15) is 11.5 Å². The van der Waals surface area contributed by atoms with Crippen molar-refractivity contribution >= 4 is 16.9 Å². The lowest BCUT2D eigenvalue weighted by molar-refractivity contribution is 0.620. The van der Waals surface area contributed by atoms with Crippen LogP contribution in [0.25, 0.3) is 22.2 Å². The number of hydrogen-bond donors (Lipinski definition) is 2. The quantitative estimate of drug-likeness (QED) is 0.528. The summed E-state index contributed by atoms with van der Waals surface area (Å²) in [6.07, 6.45) is 9.47. The number of nitrogens with one attached hydrogen (secondary N) is 2. The third-order valence-electron chi connectivity index (χ3n) is 7.00. The van der Waals surface area contributed by atoms with Crippen LogP contribution in [0.3, 0.4) is 0 Å². The second-order valence-corrected chi connectivity index (χ2v) is 8.93. The zero-order valence-corrected chi connectivity index (χ0v) is 18.2. The van der Waals surface area contributed by atoms with Crippen molar-refractivity contribution in [2.45, 2.75) is 38.8 Å². The standard InChI is InChI=1S/C25H28N6/c1-16-13-27-25-21(16)12-18(14-28-25)17-10-19-15-31(24-5-8-29-30(24)2)9-6-20(19)22(11-17)23-4-3-7-26-23/h5,8,10-14,23,26H,3-4,6-7,9,15H2,1-2H3,(H,27,28). The summed E-state index contributed by atoms with van der Waals surface area (Å²) in [6, 6.07) is 9.67. The van der Waals surface area contributed by atoms with Gasteiger partial charge < -0.3 is 15.2 Å². The van der Waals surface area contributed by atoms with E-state index >= 15 is 0 Å². The van der Waals surface area contributed by atoms with E-state index < -0.39 is 0 Å². The van der Waals surface area contributed by atoms with Crippen LogP contribution in [0.5, 0.6) is 0 Å². The van der Waals surface area contributed by atoms with Gasteiger partial charge in [0.2, 0.25) is 0 Å². The molecule has 0 spiro atoms. The average molecular weight is 413 g/mol. The van der Waals surface area contributed by atoms with Crippen LogP contribution in [0.4, 0.5) is 5.82 Å². The molecule has 0 saturated carbocycles. The molecule has 2 N–H and O–H groups in total. The summed E-state index contributed by atoms with van der Waals surface area (Å²) in [4.78, 5) is 10.4. The lowest BCUT2D eigenvalue weighted by atomic mass is 9.87. The Kier molecular flexibility index (Phi) is 4.35. The van der Waals surface area contributed by atoms with Crippen LogP contribution >= 0.6 is 0 Å². The van der Waals surface area contributed by atoms with Crippen LogP contribution in [-0.2, 0) is 20.0 Å². The van der Waals surface area contributed by atoms with Gasteiger partial charge in [0.25, 0.3) is 0 Å². The zero-order chi connectivity index (χ0) is 20.9. The minimum absolute atomic E-state index is 0.461. The van der Waals surface area contributed by atoms with Crippen LogP contribution < -0.4 is 10.2 Å². The Bertz CT molecular complexity index is 1260. The lowest BCUT2D eigenvalue weighted by Gasteiger charge is -2.33. The number of fused-ring (bicyclic) bond motifs is 2. The normalized spacial score (nSPS) is 18.6. The maximum Gasteiger partial charge on any atom is 0.137 e. The number of aromatic amines is 1. The van der Waals surface area contributed by atoms with E-state index in [4.69, 9.17) is 4.98 Å². The number of aromatic nitrogens is 4. The molecule has 2 aliphatic rings. The SMILES string of the molecule is Cc1c[nH]c2ncc(-c3cc4c(c(C5CCCN5)c3)CCN(c3ccnn3C)C4)cc12. The topological polar surface area (TPSA) is 61.8 Å². The molecule has 2 aliphatic heterocycles. The van der Waals surface area contributed by atoms with Crippen molar-refractivity contribution in [2.24, 2.45) is 7.05 Å². The number of hydrogen-bond acceptors (Lipinski definition) is 4. The molecule has 1 fully saturated rings. The third kappa shape index (κ3) is 3.13. The molecule has 158 valence electrons. The number of aryl methyl sites for hydroxylation is 2. The molecule has 0 aliphatic carbocycles. The molecular formula is C25H28N6. The van der Waals surface area contributed by atoms with E-state index in [1.807, 2.05) is 30.3 Å². The van der Waals surface area contributed by atoms with E-state index in [0.717, 1.165) is 31.7 Å². The molecule has 1 saturated heterocycles. The molecule has 5 heterocycles. The van der Waals surface area contributed by atoms with Crippen molar-refractivity contribution in [1.82, 2.24) is 25.1 Å². The maximum absolute atomic E-state index is 4.69. The second-order valence-electron chi connectivity index (χ2n) is 8.93. The summed E-state index contributed by atoms with van der Waals surface area (Å²) in [5, 5.41) is 9.32. The molecule has 31 heavy (non-hydrogen) atoms. The largest absolute Gasteiger partial charge is 0.352 e. The van der Waals surface area contributed by atoms with Gasteiger partial charge in [-0.25, -0.2) is 4.98 Å². The first-order valence-electron chi connectivity index (χ1n) is 11.2. The second kappa shape index (κ2) is 7.24. The molecule has 1 atom stereocenters. The Morgan fingerprint density at radius 1 is 1.16 bits per heavy atom. The number of rotatable bonds is 3. The van der Waals surface area contributed by atoms with Crippen molar-refractivity contribution < 1.29 is 0 Å². The van der Waals surface area contributed by atoms with Crippen LogP contribution in [0.1, 0.15) is 41.1 Å². The van der Waals surface area contributed by atoms with Crippen molar-refractivity contribution in [1.29, 1.82) is 0 Å². The molecule has 6 rings (SSSR count). The smallest absolute Gasteiger partial charge is 0.137 e. The van der Waals surface area contributed by atoms with E-state index in [0.29, 0.717) is 6.04 Å². The number of benzene rings is 1. The van der Waals surface area contributed by atoms with E-state index in [-0.39, 0.29) is 0 Å². The Labute approximate surface area is 182 Å². The predicted octanol–water partition coefficient (Wildman–Crippen LogP) is 4.26. The summed E-state index contributed by atoms with van der Waals surface area (Å²) in [5.41, 5.74) is 9.11. The highest BCUT2D eigenvalue weighted by molar-refractivity contribution is 5.84. The summed E-state index contributed by atoms with van der Waals surface area (Å²) in [5.74, 6) is 1.18. The van der Waals surface area contributed by atoms with Gasteiger partial charge >= 0.3 is 0 Å². The molecule has 6 heteroatoms. The number of anilines is 1. The van der Waals surface area contributed by atoms with Gasteiger partial charge in [-0.15, -0.1) is 0 Å². The van der Waals surface area contributed by atoms with Crippen LogP contribution in [-0.4, -0.2) is 32.8 Å². The Hall–Kier alpha value is -3.12. The number of nitrogens with zero attached hydrogens (tertiary/aromatic N) is 4. The average Bonchev–Trinajstić information content (AvgIpc) is 3.54. The van der Waals surface area contributed by atoms with Gasteiger partial charge in [-0.05, 0) is 78.7 Å². The fraction of sp³-hybridized carbons (Fsp3) is 0.360. The van der Waals surface area contributed by atoms with Gasteiger partial charge in [-0.2, -0.15) is 5.10 Å². The van der Waals surface area contributed by atoms with E-state index in [9.17, 15) is 0 Å². The number of H-pyrrole nitrogens is 1. The van der Waals surface area contributed by atoms with E-state index in [1.165, 1.54) is 57.4 Å².